The van der Waals surface area contributed by atoms with Gasteiger partial charge in [-0.1, -0.05) is 25.4 Å². The Morgan fingerprint density at radius 3 is 2.70 bits per heavy atom. The molecule has 4 rings (SSSR count). The minimum absolute atomic E-state index is 0.0577. The number of ether oxygens (including phenoxy) is 1. The molecule has 9 heteroatoms. The summed E-state index contributed by atoms with van der Waals surface area (Å²) in [6, 6.07) is 6.41. The van der Waals surface area contributed by atoms with Crippen LogP contribution in [0.3, 0.4) is 0 Å². The van der Waals surface area contributed by atoms with Crippen molar-refractivity contribution in [3.8, 4) is 5.75 Å². The van der Waals surface area contributed by atoms with E-state index in [-0.39, 0.29) is 22.0 Å². The molecule has 0 fully saturated rings. The lowest BCUT2D eigenvalue weighted by molar-refractivity contribution is -0.271. The van der Waals surface area contributed by atoms with Crippen LogP contribution in [-0.2, 0) is 18.4 Å². The first-order chi connectivity index (χ1) is 15.3. The first kappa shape index (κ1) is 23.6. The Morgan fingerprint density at radius 2 is 2.00 bits per heavy atom. The number of halogens is 4. The van der Waals surface area contributed by atoms with E-state index in [1.54, 1.807) is 26.0 Å². The zero-order chi connectivity index (χ0) is 24.2. The van der Waals surface area contributed by atoms with Crippen LogP contribution in [0.15, 0.2) is 41.5 Å². The van der Waals surface area contributed by atoms with E-state index >= 15 is 0 Å². The lowest BCUT2D eigenvalue weighted by Gasteiger charge is -2.39. The van der Waals surface area contributed by atoms with E-state index in [4.69, 9.17) is 16.3 Å². The van der Waals surface area contributed by atoms with E-state index in [1.165, 1.54) is 36.0 Å². The maximum atomic E-state index is 14.4. The van der Waals surface area contributed by atoms with Gasteiger partial charge in [0.25, 0.3) is 0 Å². The third kappa shape index (κ3) is 4.22. The van der Waals surface area contributed by atoms with E-state index < -0.39 is 30.2 Å². The molecule has 1 N–H and O–H groups in total. The van der Waals surface area contributed by atoms with Gasteiger partial charge < -0.3 is 14.4 Å². The highest BCUT2D eigenvalue weighted by molar-refractivity contribution is 6.30. The van der Waals surface area contributed by atoms with Gasteiger partial charge in [-0.3, -0.25) is 9.78 Å². The van der Waals surface area contributed by atoms with Crippen LogP contribution in [-0.4, -0.2) is 33.0 Å². The van der Waals surface area contributed by atoms with Crippen LogP contribution in [0.2, 0.25) is 5.02 Å². The summed E-state index contributed by atoms with van der Waals surface area (Å²) < 4.78 is 50.1. The standard InChI is InChI=1S/C24H24ClF3N2O3/c1-14-11-30(18-5-4-7-29-19(18)20(14)31)13-23(32,24(26,27)28)12-22(2,3)17-10-16(25)9-15-6-8-33-21(15)17/h4-5,7,9-11,32H,6,8,12-13H2,1-3H3. The number of aryl methyl sites for hydroxylation is 1. The molecule has 0 saturated carbocycles. The normalized spacial score (nSPS) is 15.9. The topological polar surface area (TPSA) is 64.3 Å². The fourth-order valence-electron chi connectivity index (χ4n) is 4.61. The van der Waals surface area contributed by atoms with Crippen LogP contribution in [0.4, 0.5) is 13.2 Å². The highest BCUT2D eigenvalue weighted by Crippen LogP contribution is 2.47. The first-order valence-electron chi connectivity index (χ1n) is 10.5. The second kappa shape index (κ2) is 8.02. The molecule has 0 amide bonds. The Labute approximate surface area is 193 Å². The molecule has 2 aromatic heterocycles. The van der Waals surface area contributed by atoms with Crippen molar-refractivity contribution in [2.75, 3.05) is 6.61 Å². The minimum atomic E-state index is -4.95. The number of aliphatic hydroxyl groups is 1. The molecule has 1 aromatic carbocycles. The molecule has 176 valence electrons. The summed E-state index contributed by atoms with van der Waals surface area (Å²) in [5.74, 6) is 0.530. The summed E-state index contributed by atoms with van der Waals surface area (Å²) in [6.45, 7) is 4.41. The van der Waals surface area contributed by atoms with Gasteiger partial charge in [-0.05, 0) is 48.6 Å². The maximum absolute atomic E-state index is 14.4. The molecular formula is C24H24ClF3N2O3. The number of alkyl halides is 3. The van der Waals surface area contributed by atoms with Crippen LogP contribution < -0.4 is 10.2 Å². The molecule has 5 nitrogen and oxygen atoms in total. The van der Waals surface area contributed by atoms with Crippen LogP contribution >= 0.6 is 11.6 Å². The summed E-state index contributed by atoms with van der Waals surface area (Å²) in [5.41, 5.74) is -2.71. The monoisotopic (exact) mass is 480 g/mol. The van der Waals surface area contributed by atoms with Crippen LogP contribution in [0, 0.1) is 6.92 Å². The average molecular weight is 481 g/mol. The maximum Gasteiger partial charge on any atom is 0.418 e. The molecular weight excluding hydrogens is 457 g/mol. The number of rotatable bonds is 5. The quantitative estimate of drug-likeness (QED) is 0.561. The number of pyridine rings is 2. The van der Waals surface area contributed by atoms with Gasteiger partial charge >= 0.3 is 6.18 Å². The Kier molecular flexibility index (Phi) is 5.73. The summed E-state index contributed by atoms with van der Waals surface area (Å²) in [7, 11) is 0. The van der Waals surface area contributed by atoms with Gasteiger partial charge in [0.15, 0.2) is 5.60 Å². The van der Waals surface area contributed by atoms with Crippen molar-refractivity contribution in [2.24, 2.45) is 0 Å². The number of benzene rings is 1. The Bertz CT molecular complexity index is 1290. The lowest BCUT2D eigenvalue weighted by atomic mass is 9.74. The fraction of sp³-hybridized carbons (Fsp3) is 0.417. The number of hydrogen-bond donors (Lipinski definition) is 1. The Balaban J connectivity index is 1.80. The summed E-state index contributed by atoms with van der Waals surface area (Å²) in [5, 5.41) is 11.5. The molecule has 3 heterocycles. The second-order valence-electron chi connectivity index (χ2n) is 9.27. The fourth-order valence-corrected chi connectivity index (χ4v) is 4.85. The third-order valence-electron chi connectivity index (χ3n) is 6.19. The molecule has 0 spiro atoms. The van der Waals surface area contributed by atoms with Crippen molar-refractivity contribution < 1.29 is 23.0 Å². The van der Waals surface area contributed by atoms with Crippen LogP contribution in [0.25, 0.3) is 11.0 Å². The Hall–Kier alpha value is -2.58. The van der Waals surface area contributed by atoms with Gasteiger partial charge in [-0.2, -0.15) is 13.2 Å². The van der Waals surface area contributed by atoms with Crippen molar-refractivity contribution in [2.45, 2.75) is 57.3 Å². The molecule has 1 atom stereocenters. The van der Waals surface area contributed by atoms with E-state index in [0.29, 0.717) is 29.4 Å². The number of fused-ring (bicyclic) bond motifs is 2. The van der Waals surface area contributed by atoms with Gasteiger partial charge in [0.2, 0.25) is 5.43 Å². The van der Waals surface area contributed by atoms with Gasteiger partial charge in [0.05, 0.1) is 18.7 Å². The summed E-state index contributed by atoms with van der Waals surface area (Å²) in [4.78, 5) is 16.4. The van der Waals surface area contributed by atoms with Crippen molar-refractivity contribution in [3.63, 3.8) is 0 Å². The molecule has 0 radical (unpaired) electrons. The van der Waals surface area contributed by atoms with E-state index in [0.717, 1.165) is 5.56 Å². The largest absolute Gasteiger partial charge is 0.493 e. The molecule has 0 saturated heterocycles. The van der Waals surface area contributed by atoms with Crippen LogP contribution in [0.5, 0.6) is 5.75 Å². The van der Waals surface area contributed by atoms with Crippen molar-refractivity contribution >= 4 is 22.6 Å². The summed E-state index contributed by atoms with van der Waals surface area (Å²) in [6.07, 6.45) is -2.23. The van der Waals surface area contributed by atoms with Gasteiger partial charge in [-0.25, -0.2) is 0 Å². The zero-order valence-electron chi connectivity index (χ0n) is 18.5. The smallest absolute Gasteiger partial charge is 0.418 e. The highest BCUT2D eigenvalue weighted by Gasteiger charge is 2.56. The molecule has 0 bridgehead atoms. The van der Waals surface area contributed by atoms with Crippen molar-refractivity contribution in [3.05, 3.63) is 68.6 Å². The lowest BCUT2D eigenvalue weighted by Crippen LogP contribution is -2.52. The van der Waals surface area contributed by atoms with Gasteiger partial charge in [-0.15, -0.1) is 0 Å². The number of aromatic nitrogens is 2. The van der Waals surface area contributed by atoms with Gasteiger partial charge in [0, 0.05) is 35.0 Å². The minimum Gasteiger partial charge on any atom is -0.493 e. The predicted octanol–water partition coefficient (Wildman–Crippen LogP) is 4.95. The molecule has 33 heavy (non-hydrogen) atoms. The zero-order valence-corrected chi connectivity index (χ0v) is 19.2. The van der Waals surface area contributed by atoms with E-state index in [1.807, 2.05) is 0 Å². The van der Waals surface area contributed by atoms with E-state index in [2.05, 4.69) is 4.98 Å². The summed E-state index contributed by atoms with van der Waals surface area (Å²) >= 11 is 6.24. The van der Waals surface area contributed by atoms with Crippen LogP contribution in [0.1, 0.15) is 37.0 Å². The number of nitrogens with zero attached hydrogens (tertiary/aromatic N) is 2. The molecule has 3 aromatic rings. The molecule has 1 aliphatic rings. The molecule has 1 aliphatic heterocycles. The Morgan fingerprint density at radius 1 is 1.27 bits per heavy atom. The third-order valence-corrected chi connectivity index (χ3v) is 6.41. The SMILES string of the molecule is Cc1cn(CC(O)(CC(C)(C)c2cc(Cl)cc3c2OCC3)C(F)(F)F)c2cccnc2c1=O. The van der Waals surface area contributed by atoms with E-state index in [9.17, 15) is 23.1 Å². The first-order valence-corrected chi connectivity index (χ1v) is 10.9. The molecule has 0 aliphatic carbocycles. The van der Waals surface area contributed by atoms with Crippen molar-refractivity contribution in [1.82, 2.24) is 9.55 Å². The number of hydrogen-bond acceptors (Lipinski definition) is 4. The van der Waals surface area contributed by atoms with Crippen molar-refractivity contribution in [1.29, 1.82) is 0 Å². The second-order valence-corrected chi connectivity index (χ2v) is 9.71. The average Bonchev–Trinajstić information content (AvgIpc) is 3.18. The predicted molar refractivity (Wildman–Crippen MR) is 120 cm³/mol. The highest BCUT2D eigenvalue weighted by atomic mass is 35.5. The molecule has 1 unspecified atom stereocenters. The van der Waals surface area contributed by atoms with Gasteiger partial charge in [0.1, 0.15) is 11.3 Å².